The summed E-state index contributed by atoms with van der Waals surface area (Å²) >= 11 is 0. The monoisotopic (exact) mass is 266 g/mol. The van der Waals surface area contributed by atoms with Gasteiger partial charge in [-0.2, -0.15) is 0 Å². The third-order valence-corrected chi connectivity index (χ3v) is 3.66. The lowest BCUT2D eigenvalue weighted by Crippen LogP contribution is -2.36. The minimum Gasteiger partial charge on any atom is -0.381 e. The summed E-state index contributed by atoms with van der Waals surface area (Å²) in [7, 11) is 1.76. The lowest BCUT2D eigenvalue weighted by Gasteiger charge is -2.33. The SMILES string of the molecule is CCNCc1cc(F)cc(N2CCC(OC)CC2)c1. The molecule has 1 N–H and O–H groups in total. The lowest BCUT2D eigenvalue weighted by atomic mass is 10.1. The second kappa shape index (κ2) is 6.87. The maximum atomic E-state index is 13.7. The quantitative estimate of drug-likeness (QED) is 0.886. The number of nitrogens with one attached hydrogen (secondary N) is 1. The van der Waals surface area contributed by atoms with Gasteiger partial charge in [0.05, 0.1) is 6.10 Å². The smallest absolute Gasteiger partial charge is 0.125 e. The van der Waals surface area contributed by atoms with Crippen molar-refractivity contribution in [2.75, 3.05) is 31.6 Å². The topological polar surface area (TPSA) is 24.5 Å². The number of rotatable bonds is 5. The molecule has 2 rings (SSSR count). The van der Waals surface area contributed by atoms with E-state index in [1.54, 1.807) is 19.2 Å². The molecule has 1 heterocycles. The number of piperidine rings is 1. The fourth-order valence-electron chi connectivity index (χ4n) is 2.54. The van der Waals surface area contributed by atoms with Crippen LogP contribution in [-0.4, -0.2) is 32.8 Å². The first kappa shape index (κ1) is 14.3. The average Bonchev–Trinajstić information content (AvgIpc) is 2.44. The molecule has 106 valence electrons. The maximum absolute atomic E-state index is 13.7. The van der Waals surface area contributed by atoms with Gasteiger partial charge in [0, 0.05) is 32.4 Å². The zero-order chi connectivity index (χ0) is 13.7. The molecule has 1 aromatic rings. The van der Waals surface area contributed by atoms with E-state index in [1.807, 2.05) is 0 Å². The predicted octanol–water partition coefficient (Wildman–Crippen LogP) is 2.55. The Morgan fingerprint density at radius 3 is 2.68 bits per heavy atom. The predicted molar refractivity (Wildman–Crippen MR) is 76.0 cm³/mol. The fourth-order valence-corrected chi connectivity index (χ4v) is 2.54. The number of anilines is 1. The minimum atomic E-state index is -0.153. The Bertz CT molecular complexity index is 403. The second-order valence-electron chi connectivity index (χ2n) is 5.02. The van der Waals surface area contributed by atoms with Crippen molar-refractivity contribution < 1.29 is 9.13 Å². The van der Waals surface area contributed by atoms with E-state index in [0.29, 0.717) is 6.10 Å². The van der Waals surface area contributed by atoms with Crippen molar-refractivity contribution in [3.8, 4) is 0 Å². The first-order valence-corrected chi connectivity index (χ1v) is 7.01. The summed E-state index contributed by atoms with van der Waals surface area (Å²) in [5, 5.41) is 3.23. The summed E-state index contributed by atoms with van der Waals surface area (Å²) in [4.78, 5) is 2.24. The molecule has 0 spiro atoms. The highest BCUT2D eigenvalue weighted by atomic mass is 19.1. The van der Waals surface area contributed by atoms with Gasteiger partial charge in [-0.15, -0.1) is 0 Å². The summed E-state index contributed by atoms with van der Waals surface area (Å²) in [5.41, 5.74) is 1.99. The highest BCUT2D eigenvalue weighted by Crippen LogP contribution is 2.23. The van der Waals surface area contributed by atoms with Gasteiger partial charge >= 0.3 is 0 Å². The molecule has 0 aromatic heterocycles. The van der Waals surface area contributed by atoms with Crippen LogP contribution in [0.1, 0.15) is 25.3 Å². The lowest BCUT2D eigenvalue weighted by molar-refractivity contribution is 0.0819. The van der Waals surface area contributed by atoms with Crippen LogP contribution in [0, 0.1) is 5.82 Å². The third-order valence-electron chi connectivity index (χ3n) is 3.66. The molecule has 0 atom stereocenters. The second-order valence-corrected chi connectivity index (χ2v) is 5.02. The minimum absolute atomic E-state index is 0.153. The van der Waals surface area contributed by atoms with Gasteiger partial charge in [-0.05, 0) is 43.1 Å². The Morgan fingerprint density at radius 2 is 2.05 bits per heavy atom. The molecular weight excluding hydrogens is 243 g/mol. The van der Waals surface area contributed by atoms with E-state index in [9.17, 15) is 4.39 Å². The van der Waals surface area contributed by atoms with Crippen LogP contribution in [0.5, 0.6) is 0 Å². The van der Waals surface area contributed by atoms with Crippen LogP contribution in [0.15, 0.2) is 18.2 Å². The van der Waals surface area contributed by atoms with Crippen molar-refractivity contribution in [2.24, 2.45) is 0 Å². The number of benzene rings is 1. The molecule has 0 amide bonds. The third kappa shape index (κ3) is 3.91. The van der Waals surface area contributed by atoms with Crippen molar-refractivity contribution in [2.45, 2.75) is 32.4 Å². The van der Waals surface area contributed by atoms with Crippen molar-refractivity contribution in [1.29, 1.82) is 0 Å². The van der Waals surface area contributed by atoms with Gasteiger partial charge in [-0.1, -0.05) is 6.92 Å². The van der Waals surface area contributed by atoms with Crippen LogP contribution >= 0.6 is 0 Å². The molecule has 1 aliphatic rings. The van der Waals surface area contributed by atoms with Crippen LogP contribution < -0.4 is 10.2 Å². The van der Waals surface area contributed by atoms with E-state index in [-0.39, 0.29) is 5.82 Å². The van der Waals surface area contributed by atoms with E-state index >= 15 is 0 Å². The van der Waals surface area contributed by atoms with Gasteiger partial charge in [-0.3, -0.25) is 0 Å². The number of ether oxygens (including phenoxy) is 1. The Labute approximate surface area is 114 Å². The zero-order valence-electron chi connectivity index (χ0n) is 11.8. The summed E-state index contributed by atoms with van der Waals surface area (Å²) in [6.45, 7) is 5.53. The van der Waals surface area contributed by atoms with Gasteiger partial charge in [0.15, 0.2) is 0 Å². The summed E-state index contributed by atoms with van der Waals surface area (Å²) < 4.78 is 19.0. The molecule has 0 bridgehead atoms. The molecule has 1 fully saturated rings. The van der Waals surface area contributed by atoms with E-state index in [4.69, 9.17) is 4.74 Å². The molecule has 0 radical (unpaired) electrons. The summed E-state index contributed by atoms with van der Waals surface area (Å²) in [6.07, 6.45) is 2.37. The molecule has 0 unspecified atom stereocenters. The molecule has 0 saturated carbocycles. The number of hydrogen-bond acceptors (Lipinski definition) is 3. The van der Waals surface area contributed by atoms with Gasteiger partial charge in [0.1, 0.15) is 5.82 Å². The number of nitrogens with zero attached hydrogens (tertiary/aromatic N) is 1. The zero-order valence-corrected chi connectivity index (χ0v) is 11.8. The maximum Gasteiger partial charge on any atom is 0.125 e. The van der Waals surface area contributed by atoms with Crippen molar-refractivity contribution >= 4 is 5.69 Å². The Hall–Kier alpha value is -1.13. The van der Waals surface area contributed by atoms with Crippen molar-refractivity contribution in [3.05, 3.63) is 29.6 Å². The molecule has 0 aliphatic carbocycles. The molecule has 19 heavy (non-hydrogen) atoms. The van der Waals surface area contributed by atoms with Gasteiger partial charge in [0.25, 0.3) is 0 Å². The first-order chi connectivity index (χ1) is 9.22. The van der Waals surface area contributed by atoms with Crippen LogP contribution in [0.25, 0.3) is 0 Å². The van der Waals surface area contributed by atoms with Gasteiger partial charge < -0.3 is 15.0 Å². The summed E-state index contributed by atoms with van der Waals surface area (Å²) in [6, 6.07) is 5.31. The number of halogens is 1. The van der Waals surface area contributed by atoms with Crippen LogP contribution in [-0.2, 0) is 11.3 Å². The molecule has 4 heteroatoms. The van der Waals surface area contributed by atoms with Crippen LogP contribution in [0.3, 0.4) is 0 Å². The van der Waals surface area contributed by atoms with Crippen molar-refractivity contribution in [3.63, 3.8) is 0 Å². The molecule has 1 saturated heterocycles. The largest absolute Gasteiger partial charge is 0.381 e. The average molecular weight is 266 g/mol. The highest BCUT2D eigenvalue weighted by molar-refractivity contribution is 5.49. The van der Waals surface area contributed by atoms with E-state index in [1.165, 1.54) is 0 Å². The van der Waals surface area contributed by atoms with E-state index in [0.717, 1.165) is 50.3 Å². The normalized spacial score (nSPS) is 16.9. The highest BCUT2D eigenvalue weighted by Gasteiger charge is 2.19. The van der Waals surface area contributed by atoms with Crippen LogP contribution in [0.4, 0.5) is 10.1 Å². The standard InChI is InChI=1S/C15H23FN2O/c1-3-17-11-12-8-13(16)10-14(9-12)18-6-4-15(19-2)5-7-18/h8-10,15,17H,3-7,11H2,1-2H3. The van der Waals surface area contributed by atoms with Crippen molar-refractivity contribution in [1.82, 2.24) is 5.32 Å². The first-order valence-electron chi connectivity index (χ1n) is 7.01. The Morgan fingerprint density at radius 1 is 1.32 bits per heavy atom. The number of hydrogen-bond donors (Lipinski definition) is 1. The molecular formula is C15H23FN2O. The molecule has 1 aliphatic heterocycles. The molecule has 1 aromatic carbocycles. The van der Waals surface area contributed by atoms with Gasteiger partial charge in [0.2, 0.25) is 0 Å². The van der Waals surface area contributed by atoms with E-state index in [2.05, 4.69) is 23.2 Å². The fraction of sp³-hybridized carbons (Fsp3) is 0.600. The summed E-state index contributed by atoms with van der Waals surface area (Å²) in [5.74, 6) is -0.153. The Kier molecular flexibility index (Phi) is 5.16. The van der Waals surface area contributed by atoms with E-state index < -0.39 is 0 Å². The molecule has 3 nitrogen and oxygen atoms in total. The Balaban J connectivity index is 2.05. The van der Waals surface area contributed by atoms with Gasteiger partial charge in [-0.25, -0.2) is 4.39 Å². The number of methoxy groups -OCH3 is 1. The van der Waals surface area contributed by atoms with Crippen LogP contribution in [0.2, 0.25) is 0 Å².